The van der Waals surface area contributed by atoms with Gasteiger partial charge in [-0.05, 0) is 19.8 Å². The number of carbonyl (C=O) groups is 1. The summed E-state index contributed by atoms with van der Waals surface area (Å²) in [5.74, 6) is -2.51. The molecule has 1 unspecified atom stereocenters. The summed E-state index contributed by atoms with van der Waals surface area (Å²) in [4.78, 5) is 16.6. The summed E-state index contributed by atoms with van der Waals surface area (Å²) < 4.78 is 46.1. The first-order chi connectivity index (χ1) is 13.8. The van der Waals surface area contributed by atoms with Crippen molar-refractivity contribution in [1.82, 2.24) is 4.59 Å². The number of hydrogen-bond donors (Lipinski definition) is 0. The van der Waals surface area contributed by atoms with Gasteiger partial charge in [0, 0.05) is 29.6 Å². The molecule has 2 spiro atoms. The maximum atomic E-state index is 15.1. The summed E-state index contributed by atoms with van der Waals surface area (Å²) in [6.07, 6.45) is 0.340. The number of carbonyl (C=O) groups excluding carboxylic acids is 1. The number of benzene rings is 1. The average molecular weight is 408 g/mol. The first-order valence-electron chi connectivity index (χ1n) is 9.53. The van der Waals surface area contributed by atoms with E-state index in [2.05, 4.69) is 10.1 Å². The van der Waals surface area contributed by atoms with Gasteiger partial charge < -0.3 is 19.1 Å². The van der Waals surface area contributed by atoms with E-state index in [1.165, 1.54) is 0 Å². The van der Waals surface area contributed by atoms with Crippen molar-refractivity contribution in [3.05, 3.63) is 34.2 Å². The number of ether oxygens (including phenoxy) is 3. The Morgan fingerprint density at radius 1 is 1.24 bits per heavy atom. The Labute approximate surface area is 164 Å². The van der Waals surface area contributed by atoms with Crippen LogP contribution in [0, 0.1) is 17.0 Å². The van der Waals surface area contributed by atoms with Crippen LogP contribution >= 0.6 is 0 Å². The molecule has 0 N–H and O–H groups in total. The van der Waals surface area contributed by atoms with Crippen LogP contribution in [0.2, 0.25) is 0 Å². The first kappa shape index (κ1) is 18.6. The number of azide groups is 1. The highest BCUT2D eigenvalue weighted by atomic mass is 19.1. The minimum absolute atomic E-state index is 0.0429. The maximum absolute atomic E-state index is 15.1. The SMILES string of the molecule is CC1C[N@@+](N=[N+]=[N-])(c2cc(F)c(N3CC4(CC4)C4(C3)OCCO4)c(F)c2)C(=O)O1. The molecule has 1 aromatic rings. The Kier molecular flexibility index (Phi) is 3.85. The van der Waals surface area contributed by atoms with Crippen molar-refractivity contribution in [3.63, 3.8) is 0 Å². The minimum atomic E-state index is -0.966. The fourth-order valence-electron chi connectivity index (χ4n) is 4.88. The third kappa shape index (κ3) is 2.48. The number of cyclic esters (lactones) is 1. The number of fused-ring (bicyclic) bond motifs is 1. The topological polar surface area (TPSA) is 96.8 Å². The van der Waals surface area contributed by atoms with Crippen LogP contribution in [-0.4, -0.2) is 50.8 Å². The van der Waals surface area contributed by atoms with Crippen molar-refractivity contribution in [1.29, 1.82) is 0 Å². The van der Waals surface area contributed by atoms with Crippen LogP contribution in [-0.2, 0) is 14.2 Å². The molecule has 0 aromatic heterocycles. The number of hydrogen-bond acceptors (Lipinski definition) is 6. The summed E-state index contributed by atoms with van der Waals surface area (Å²) in [6, 6.07) is 2.07. The van der Waals surface area contributed by atoms with Gasteiger partial charge in [-0.1, -0.05) is 4.59 Å². The molecule has 1 aliphatic carbocycles. The van der Waals surface area contributed by atoms with Crippen molar-refractivity contribution in [3.8, 4) is 0 Å². The molecule has 3 saturated heterocycles. The number of amides is 1. The lowest BCUT2D eigenvalue weighted by molar-refractivity contribution is -0.178. The molecule has 1 aromatic carbocycles. The van der Waals surface area contributed by atoms with E-state index in [0.29, 0.717) is 19.8 Å². The normalized spacial score (nSPS) is 31.3. The highest BCUT2D eigenvalue weighted by Gasteiger charge is 2.68. The zero-order valence-electron chi connectivity index (χ0n) is 15.8. The first-order valence-corrected chi connectivity index (χ1v) is 9.53. The second kappa shape index (κ2) is 6.02. The predicted octanol–water partition coefficient (Wildman–Crippen LogP) is 3.38. The zero-order valence-corrected chi connectivity index (χ0v) is 15.8. The molecule has 9 nitrogen and oxygen atoms in total. The zero-order chi connectivity index (χ0) is 20.4. The van der Waals surface area contributed by atoms with E-state index < -0.39 is 34.2 Å². The molecule has 154 valence electrons. The van der Waals surface area contributed by atoms with Crippen LogP contribution < -0.4 is 9.49 Å². The summed E-state index contributed by atoms with van der Waals surface area (Å²) >= 11 is 0. The van der Waals surface area contributed by atoms with E-state index in [4.69, 9.17) is 19.7 Å². The monoisotopic (exact) mass is 408 g/mol. The second-order valence-corrected chi connectivity index (χ2v) is 8.17. The van der Waals surface area contributed by atoms with Gasteiger partial charge in [-0.25, -0.2) is 8.78 Å². The molecule has 1 amide bonds. The Morgan fingerprint density at radius 3 is 2.41 bits per heavy atom. The van der Waals surface area contributed by atoms with Gasteiger partial charge in [0.2, 0.25) is 0 Å². The standard InChI is InChI=1S/C18H20F2N5O4/c1-11-8-25(23-22-21,16(26)29-11)12-6-13(19)15(14(20)7-12)24-9-17(2-3-17)18(10-24)27-4-5-28-18/h6-7,11H,2-5,8-10H2,1H3/q+1/t11?,25-/m1/s1. The molecule has 2 atom stereocenters. The molecular weight excluding hydrogens is 388 g/mol. The quantitative estimate of drug-likeness (QED) is 0.331. The molecule has 5 rings (SSSR count). The van der Waals surface area contributed by atoms with Gasteiger partial charge in [0.15, 0.2) is 29.2 Å². The Balaban J connectivity index is 1.53. The molecule has 0 bridgehead atoms. The third-order valence-corrected chi connectivity index (χ3v) is 6.37. The fourth-order valence-corrected chi connectivity index (χ4v) is 4.88. The van der Waals surface area contributed by atoms with Gasteiger partial charge in [-0.2, -0.15) is 4.79 Å². The number of rotatable bonds is 3. The van der Waals surface area contributed by atoms with Crippen LogP contribution in [0.5, 0.6) is 0 Å². The summed E-state index contributed by atoms with van der Waals surface area (Å²) in [5, 5.41) is 3.51. The van der Waals surface area contributed by atoms with Crippen LogP contribution in [0.3, 0.4) is 0 Å². The largest absolute Gasteiger partial charge is 0.537 e. The van der Waals surface area contributed by atoms with Crippen molar-refractivity contribution in [2.75, 3.05) is 37.7 Å². The third-order valence-electron chi connectivity index (χ3n) is 6.37. The molecule has 11 heteroatoms. The summed E-state index contributed by atoms with van der Waals surface area (Å²) in [5.41, 5.74) is 8.36. The lowest BCUT2D eigenvalue weighted by atomic mass is 10.00. The Bertz CT molecular complexity index is 919. The summed E-state index contributed by atoms with van der Waals surface area (Å²) in [6.45, 7) is 3.16. The molecule has 1 saturated carbocycles. The molecule has 0 radical (unpaired) electrons. The van der Waals surface area contributed by atoms with Gasteiger partial charge in [-0.3, -0.25) is 0 Å². The van der Waals surface area contributed by atoms with Gasteiger partial charge >= 0.3 is 6.09 Å². The van der Waals surface area contributed by atoms with Crippen molar-refractivity contribution >= 4 is 17.5 Å². The fraction of sp³-hybridized carbons (Fsp3) is 0.611. The lowest BCUT2D eigenvalue weighted by Gasteiger charge is -2.28. The van der Waals surface area contributed by atoms with Crippen molar-refractivity contribution < 1.29 is 27.8 Å². The molecular formula is C18H20F2N5O4+. The number of halogens is 2. The summed E-state index contributed by atoms with van der Waals surface area (Å²) in [7, 11) is 0. The van der Waals surface area contributed by atoms with E-state index in [-0.39, 0.29) is 29.9 Å². The van der Waals surface area contributed by atoms with Crippen LogP contribution in [0.1, 0.15) is 19.8 Å². The van der Waals surface area contributed by atoms with Crippen LogP contribution in [0.25, 0.3) is 10.4 Å². The number of nitrogens with zero attached hydrogens (tertiary/aromatic N) is 5. The molecule has 29 heavy (non-hydrogen) atoms. The van der Waals surface area contributed by atoms with E-state index in [1.54, 1.807) is 11.8 Å². The molecule has 3 heterocycles. The van der Waals surface area contributed by atoms with Crippen molar-refractivity contribution in [2.45, 2.75) is 31.7 Å². The number of quaternary nitrogens is 1. The van der Waals surface area contributed by atoms with Gasteiger partial charge in [0.25, 0.3) is 0 Å². The smallest absolute Gasteiger partial charge is 0.410 e. The predicted molar refractivity (Wildman–Crippen MR) is 96.6 cm³/mol. The van der Waals surface area contributed by atoms with Crippen molar-refractivity contribution in [2.24, 2.45) is 10.6 Å². The highest BCUT2D eigenvalue weighted by Crippen LogP contribution is 2.62. The molecule has 4 fully saturated rings. The lowest BCUT2D eigenvalue weighted by Crippen LogP contribution is -2.45. The molecule has 4 aliphatic rings. The van der Waals surface area contributed by atoms with Crippen LogP contribution in [0.4, 0.5) is 25.0 Å². The molecule has 3 aliphatic heterocycles. The van der Waals surface area contributed by atoms with Gasteiger partial charge in [0.1, 0.15) is 17.5 Å². The second-order valence-electron chi connectivity index (χ2n) is 8.17. The van der Waals surface area contributed by atoms with Gasteiger partial charge in [0.05, 0.1) is 24.7 Å². The van der Waals surface area contributed by atoms with Gasteiger partial charge in [-0.15, -0.1) is 0 Å². The van der Waals surface area contributed by atoms with Crippen LogP contribution in [0.15, 0.2) is 17.4 Å². The van der Waals surface area contributed by atoms with E-state index in [9.17, 15) is 4.79 Å². The minimum Gasteiger partial charge on any atom is -0.410 e. The Morgan fingerprint density at radius 2 is 1.90 bits per heavy atom. The van der Waals surface area contributed by atoms with E-state index >= 15 is 8.78 Å². The average Bonchev–Trinajstić information content (AvgIpc) is 3.03. The highest BCUT2D eigenvalue weighted by molar-refractivity contribution is 5.84. The maximum Gasteiger partial charge on any atom is 0.537 e. The Hall–Kier alpha value is -2.46. The van der Waals surface area contributed by atoms with E-state index in [1.807, 2.05) is 0 Å². The number of anilines is 1. The van der Waals surface area contributed by atoms with E-state index in [0.717, 1.165) is 25.0 Å².